The summed E-state index contributed by atoms with van der Waals surface area (Å²) in [5, 5.41) is 0. The van der Waals surface area contributed by atoms with Gasteiger partial charge < -0.3 is 9.47 Å². The van der Waals surface area contributed by atoms with Crippen molar-refractivity contribution in [3.63, 3.8) is 0 Å². The van der Waals surface area contributed by atoms with Crippen molar-refractivity contribution in [2.45, 2.75) is 39.0 Å². The summed E-state index contributed by atoms with van der Waals surface area (Å²) in [5.74, 6) is -0.544. The summed E-state index contributed by atoms with van der Waals surface area (Å²) < 4.78 is 40.6. The molecule has 128 valence electrons. The van der Waals surface area contributed by atoms with Crippen LogP contribution in [-0.2, 0) is 6.54 Å². The van der Waals surface area contributed by atoms with E-state index in [1.165, 1.54) is 0 Å². The maximum absolute atomic E-state index is 12.9. The van der Waals surface area contributed by atoms with Crippen LogP contribution in [-0.4, -0.2) is 39.1 Å². The number of pyridine rings is 1. The van der Waals surface area contributed by atoms with Crippen molar-refractivity contribution in [2.75, 3.05) is 6.54 Å². The Kier molecular flexibility index (Phi) is 4.11. The molecule has 1 atom stereocenters. The molecule has 1 amide bonds. The van der Waals surface area contributed by atoms with Crippen LogP contribution in [0.15, 0.2) is 30.6 Å². The summed E-state index contributed by atoms with van der Waals surface area (Å²) in [4.78, 5) is 17.4. The first kappa shape index (κ1) is 16.5. The van der Waals surface area contributed by atoms with Crippen molar-refractivity contribution in [1.82, 2.24) is 14.5 Å². The summed E-state index contributed by atoms with van der Waals surface area (Å²) in [6.45, 7) is 4.32. The highest BCUT2D eigenvalue weighted by atomic mass is 19.4. The van der Waals surface area contributed by atoms with Gasteiger partial charge in [0.2, 0.25) is 0 Å². The summed E-state index contributed by atoms with van der Waals surface area (Å²) >= 11 is 0. The lowest BCUT2D eigenvalue weighted by Crippen LogP contribution is -2.58. The molecular weight excluding hydrogens is 319 g/mol. The monoisotopic (exact) mass is 337 g/mol. The number of halogens is 3. The maximum atomic E-state index is 12.9. The lowest BCUT2D eigenvalue weighted by atomic mass is 10.0. The number of alkyl halides is 3. The maximum Gasteiger partial charge on any atom is 0.408 e. The number of likely N-dealkylation sites (tertiary alicyclic amines) is 1. The van der Waals surface area contributed by atoms with Gasteiger partial charge >= 0.3 is 6.18 Å². The molecule has 1 aliphatic heterocycles. The van der Waals surface area contributed by atoms with E-state index in [1.54, 1.807) is 25.4 Å². The van der Waals surface area contributed by atoms with Gasteiger partial charge in [-0.15, -0.1) is 0 Å². The van der Waals surface area contributed by atoms with Gasteiger partial charge in [0.05, 0.1) is 5.56 Å². The van der Waals surface area contributed by atoms with Crippen LogP contribution in [0, 0.1) is 13.8 Å². The number of rotatable bonds is 3. The molecule has 0 aliphatic carbocycles. The predicted molar refractivity (Wildman–Crippen MR) is 82.7 cm³/mol. The van der Waals surface area contributed by atoms with E-state index in [-0.39, 0.29) is 13.0 Å². The third-order valence-corrected chi connectivity index (χ3v) is 4.55. The number of carbonyl (C=O) groups is 1. The second-order valence-corrected chi connectivity index (χ2v) is 6.07. The molecule has 1 saturated heterocycles. The van der Waals surface area contributed by atoms with Crippen molar-refractivity contribution >= 4 is 5.91 Å². The average molecular weight is 337 g/mol. The largest absolute Gasteiger partial charge is 0.408 e. The van der Waals surface area contributed by atoms with E-state index >= 15 is 0 Å². The van der Waals surface area contributed by atoms with Crippen molar-refractivity contribution < 1.29 is 18.0 Å². The van der Waals surface area contributed by atoms with Crippen LogP contribution in [0.3, 0.4) is 0 Å². The molecule has 2 aromatic heterocycles. The minimum Gasteiger partial charge on any atom is -0.344 e. The van der Waals surface area contributed by atoms with Crippen LogP contribution in [0.5, 0.6) is 0 Å². The van der Waals surface area contributed by atoms with Crippen LogP contribution in [0.1, 0.15) is 33.7 Å². The standard InChI is InChI=1S/C17H18F3N3O/c1-11-9-14(16(24)22-8-5-15(22)17(18,19)20)12(2)23(11)10-13-3-6-21-7-4-13/h3-4,6-7,9,15H,5,8,10H2,1-2H3. The molecule has 0 spiro atoms. The van der Waals surface area contributed by atoms with Crippen LogP contribution < -0.4 is 0 Å². The normalized spacial score (nSPS) is 17.7. The summed E-state index contributed by atoms with van der Waals surface area (Å²) in [6, 6.07) is 3.75. The Hall–Kier alpha value is -2.31. The molecule has 0 saturated carbocycles. The molecule has 4 nitrogen and oxygen atoms in total. The Morgan fingerprint density at radius 2 is 1.96 bits per heavy atom. The first-order chi connectivity index (χ1) is 11.3. The van der Waals surface area contributed by atoms with Gasteiger partial charge in [0.1, 0.15) is 6.04 Å². The Morgan fingerprint density at radius 1 is 1.29 bits per heavy atom. The Bertz CT molecular complexity index is 752. The molecule has 7 heteroatoms. The van der Waals surface area contributed by atoms with E-state index in [2.05, 4.69) is 4.98 Å². The lowest BCUT2D eigenvalue weighted by molar-refractivity contribution is -0.199. The molecule has 24 heavy (non-hydrogen) atoms. The van der Waals surface area contributed by atoms with Gasteiger partial charge in [0, 0.05) is 36.9 Å². The zero-order valence-corrected chi connectivity index (χ0v) is 13.5. The number of hydrogen-bond donors (Lipinski definition) is 0. The molecule has 0 N–H and O–H groups in total. The van der Waals surface area contributed by atoms with Crippen LogP contribution in [0.4, 0.5) is 13.2 Å². The topological polar surface area (TPSA) is 38.1 Å². The molecule has 3 heterocycles. The van der Waals surface area contributed by atoms with Gasteiger partial charge in [-0.1, -0.05) is 0 Å². The van der Waals surface area contributed by atoms with Gasteiger partial charge in [-0.05, 0) is 44.0 Å². The van der Waals surface area contributed by atoms with E-state index in [1.807, 2.05) is 23.6 Å². The van der Waals surface area contributed by atoms with E-state index in [0.29, 0.717) is 17.8 Å². The first-order valence-corrected chi connectivity index (χ1v) is 7.72. The highest BCUT2D eigenvalue weighted by Gasteiger charge is 2.51. The van der Waals surface area contributed by atoms with Crippen molar-refractivity contribution in [2.24, 2.45) is 0 Å². The summed E-state index contributed by atoms with van der Waals surface area (Å²) in [5.41, 5.74) is 2.89. The molecule has 2 aromatic rings. The highest BCUT2D eigenvalue weighted by Crippen LogP contribution is 2.35. The number of amides is 1. The zero-order valence-electron chi connectivity index (χ0n) is 13.5. The molecule has 0 bridgehead atoms. The fourth-order valence-corrected chi connectivity index (χ4v) is 3.06. The van der Waals surface area contributed by atoms with Crippen LogP contribution in [0.2, 0.25) is 0 Å². The number of aryl methyl sites for hydroxylation is 1. The van der Waals surface area contributed by atoms with Gasteiger partial charge in [-0.25, -0.2) is 0 Å². The van der Waals surface area contributed by atoms with Crippen molar-refractivity contribution in [3.8, 4) is 0 Å². The molecule has 1 unspecified atom stereocenters. The SMILES string of the molecule is Cc1cc(C(=O)N2CCC2C(F)(F)F)c(C)n1Cc1ccncc1. The fourth-order valence-electron chi connectivity index (χ4n) is 3.06. The number of hydrogen-bond acceptors (Lipinski definition) is 2. The predicted octanol–water partition coefficient (Wildman–Crippen LogP) is 3.33. The van der Waals surface area contributed by atoms with E-state index in [9.17, 15) is 18.0 Å². The molecule has 1 fully saturated rings. The van der Waals surface area contributed by atoms with Crippen molar-refractivity contribution in [3.05, 3.63) is 53.1 Å². The van der Waals surface area contributed by atoms with E-state index < -0.39 is 18.1 Å². The fraction of sp³-hybridized carbons (Fsp3) is 0.412. The third-order valence-electron chi connectivity index (χ3n) is 4.55. The molecule has 0 radical (unpaired) electrons. The van der Waals surface area contributed by atoms with E-state index in [4.69, 9.17) is 0 Å². The molecule has 1 aliphatic rings. The van der Waals surface area contributed by atoms with Crippen LogP contribution in [0.25, 0.3) is 0 Å². The Morgan fingerprint density at radius 3 is 2.50 bits per heavy atom. The van der Waals surface area contributed by atoms with Crippen LogP contribution >= 0.6 is 0 Å². The highest BCUT2D eigenvalue weighted by molar-refractivity contribution is 5.96. The summed E-state index contributed by atoms with van der Waals surface area (Å²) in [6.07, 6.45) is -1.02. The average Bonchev–Trinajstić information content (AvgIpc) is 2.73. The second-order valence-electron chi connectivity index (χ2n) is 6.07. The Balaban J connectivity index is 1.85. The number of carbonyl (C=O) groups excluding carboxylic acids is 1. The minimum atomic E-state index is -4.36. The zero-order chi connectivity index (χ0) is 17.5. The van der Waals surface area contributed by atoms with Gasteiger partial charge in [-0.2, -0.15) is 13.2 Å². The summed E-state index contributed by atoms with van der Waals surface area (Å²) in [7, 11) is 0. The van der Waals surface area contributed by atoms with Gasteiger partial charge in [0.25, 0.3) is 5.91 Å². The van der Waals surface area contributed by atoms with Gasteiger partial charge in [0.15, 0.2) is 0 Å². The van der Waals surface area contributed by atoms with E-state index in [0.717, 1.165) is 16.2 Å². The second kappa shape index (κ2) is 5.96. The number of aromatic nitrogens is 2. The molecule has 3 rings (SSSR count). The first-order valence-electron chi connectivity index (χ1n) is 7.72. The third kappa shape index (κ3) is 2.90. The smallest absolute Gasteiger partial charge is 0.344 e. The minimum absolute atomic E-state index is 0.0228. The molecular formula is C17H18F3N3O. The van der Waals surface area contributed by atoms with Crippen molar-refractivity contribution in [1.29, 1.82) is 0 Å². The number of nitrogens with zero attached hydrogens (tertiary/aromatic N) is 3. The molecule has 0 aromatic carbocycles. The Labute approximate surface area is 137 Å². The lowest BCUT2D eigenvalue weighted by Gasteiger charge is -2.41. The quantitative estimate of drug-likeness (QED) is 0.862. The van der Waals surface area contributed by atoms with Gasteiger partial charge in [-0.3, -0.25) is 9.78 Å².